The first-order valence-electron chi connectivity index (χ1n) is 6.47. The van der Waals surface area contributed by atoms with E-state index in [0.29, 0.717) is 5.75 Å². The Balaban J connectivity index is 2.29. The maximum atomic E-state index is 11.6. The van der Waals surface area contributed by atoms with Crippen molar-refractivity contribution in [1.82, 2.24) is 5.32 Å². The third kappa shape index (κ3) is 7.09. The number of carbonyl (C=O) groups excluding carboxylic acids is 3. The fourth-order valence-electron chi connectivity index (χ4n) is 1.33. The maximum absolute atomic E-state index is 11.6. The van der Waals surface area contributed by atoms with Gasteiger partial charge in [0.05, 0.1) is 13.2 Å². The Hall–Kier alpha value is -2.83. The summed E-state index contributed by atoms with van der Waals surface area (Å²) >= 11 is 0. The summed E-state index contributed by atoms with van der Waals surface area (Å²) in [6.45, 7) is 1.58. The average Bonchev–Trinajstić information content (AvgIpc) is 2.51. The zero-order valence-electron chi connectivity index (χ0n) is 12.3. The molecule has 0 aliphatic carbocycles. The minimum absolute atomic E-state index is 0.0613. The van der Waals surface area contributed by atoms with E-state index in [1.54, 1.807) is 37.3 Å². The molecule has 1 amide bonds. The molecule has 0 heterocycles. The van der Waals surface area contributed by atoms with Gasteiger partial charge in [-0.3, -0.25) is 0 Å². The lowest BCUT2D eigenvalue weighted by molar-refractivity contribution is -0.139. The van der Waals surface area contributed by atoms with Gasteiger partial charge in [0.15, 0.2) is 0 Å². The summed E-state index contributed by atoms with van der Waals surface area (Å²) in [5, 5.41) is 2.51. The molecule has 0 fully saturated rings. The van der Waals surface area contributed by atoms with Crippen molar-refractivity contribution in [2.45, 2.75) is 13.0 Å². The van der Waals surface area contributed by atoms with E-state index in [4.69, 9.17) is 9.47 Å². The molecular weight excluding hydrogens is 290 g/mol. The second-order valence-corrected chi connectivity index (χ2v) is 4.23. The van der Waals surface area contributed by atoms with Gasteiger partial charge < -0.3 is 19.5 Å². The molecule has 0 unspecified atom stereocenters. The SMILES string of the molecule is COC(=O)/C=C/C(=O)OC[C@H](C)NC(=O)Oc1ccccc1. The van der Waals surface area contributed by atoms with Crippen LogP contribution in [0.5, 0.6) is 5.75 Å². The Morgan fingerprint density at radius 2 is 1.77 bits per heavy atom. The van der Waals surface area contributed by atoms with Gasteiger partial charge >= 0.3 is 18.0 Å². The van der Waals surface area contributed by atoms with E-state index in [1.807, 2.05) is 0 Å². The lowest BCUT2D eigenvalue weighted by atomic mass is 10.3. The van der Waals surface area contributed by atoms with Crippen LogP contribution in [0.25, 0.3) is 0 Å². The number of hydrogen-bond acceptors (Lipinski definition) is 6. The van der Waals surface area contributed by atoms with Crippen LogP contribution in [0.4, 0.5) is 4.79 Å². The molecular formula is C15H17NO6. The minimum atomic E-state index is -0.713. The first kappa shape index (κ1) is 17.2. The Bertz CT molecular complexity index is 540. The number of nitrogens with one attached hydrogen (secondary N) is 1. The standard InChI is InChI=1S/C15H17NO6/c1-11(10-21-14(18)9-8-13(17)20-2)16-15(19)22-12-6-4-3-5-7-12/h3-9,11H,10H2,1-2H3,(H,16,19)/b9-8+/t11-/m0/s1. The first-order chi connectivity index (χ1) is 10.5. The van der Waals surface area contributed by atoms with E-state index in [9.17, 15) is 14.4 Å². The van der Waals surface area contributed by atoms with Crippen molar-refractivity contribution in [2.24, 2.45) is 0 Å². The topological polar surface area (TPSA) is 90.9 Å². The highest BCUT2D eigenvalue weighted by atomic mass is 16.6. The van der Waals surface area contributed by atoms with Crippen LogP contribution in [0.1, 0.15) is 6.92 Å². The van der Waals surface area contributed by atoms with Crippen molar-refractivity contribution in [3.05, 3.63) is 42.5 Å². The van der Waals surface area contributed by atoms with Gasteiger partial charge in [0.25, 0.3) is 0 Å². The van der Waals surface area contributed by atoms with Gasteiger partial charge in [0, 0.05) is 12.2 Å². The lowest BCUT2D eigenvalue weighted by Crippen LogP contribution is -2.38. The van der Waals surface area contributed by atoms with Gasteiger partial charge in [-0.05, 0) is 19.1 Å². The normalized spacial score (nSPS) is 11.5. The van der Waals surface area contributed by atoms with Crippen molar-refractivity contribution >= 4 is 18.0 Å². The van der Waals surface area contributed by atoms with E-state index in [1.165, 1.54) is 7.11 Å². The molecule has 1 rings (SSSR count). The monoisotopic (exact) mass is 307 g/mol. The molecule has 22 heavy (non-hydrogen) atoms. The number of benzene rings is 1. The predicted molar refractivity (Wildman–Crippen MR) is 77.2 cm³/mol. The number of hydrogen-bond donors (Lipinski definition) is 1. The summed E-state index contributed by atoms with van der Waals surface area (Å²) in [4.78, 5) is 33.6. The van der Waals surface area contributed by atoms with Gasteiger partial charge in [0.2, 0.25) is 0 Å². The van der Waals surface area contributed by atoms with E-state index >= 15 is 0 Å². The fourth-order valence-corrected chi connectivity index (χ4v) is 1.33. The number of carbonyl (C=O) groups is 3. The Labute approximate surface area is 127 Å². The van der Waals surface area contributed by atoms with E-state index in [2.05, 4.69) is 10.1 Å². The molecule has 0 aliphatic rings. The van der Waals surface area contributed by atoms with Crippen LogP contribution >= 0.6 is 0 Å². The zero-order chi connectivity index (χ0) is 16.4. The molecule has 7 heteroatoms. The van der Waals surface area contributed by atoms with Crippen LogP contribution in [0.3, 0.4) is 0 Å². The first-order valence-corrected chi connectivity index (χ1v) is 6.47. The molecule has 1 aromatic rings. The quantitative estimate of drug-likeness (QED) is 0.631. The van der Waals surface area contributed by atoms with Crippen LogP contribution in [0, 0.1) is 0 Å². The highest BCUT2D eigenvalue weighted by Crippen LogP contribution is 2.08. The zero-order valence-corrected chi connectivity index (χ0v) is 12.3. The Morgan fingerprint density at radius 3 is 2.41 bits per heavy atom. The van der Waals surface area contributed by atoms with Gasteiger partial charge in [-0.2, -0.15) is 0 Å². The Kier molecular flexibility index (Phi) is 7.18. The summed E-state index contributed by atoms with van der Waals surface area (Å²) in [5.41, 5.74) is 0. The molecule has 0 bridgehead atoms. The van der Waals surface area contributed by atoms with Crippen LogP contribution in [-0.2, 0) is 19.1 Å². The summed E-state index contributed by atoms with van der Waals surface area (Å²) in [5.74, 6) is -0.963. The van der Waals surface area contributed by atoms with Crippen molar-refractivity contribution in [1.29, 1.82) is 0 Å². The summed E-state index contributed by atoms with van der Waals surface area (Å²) in [6.07, 6.45) is 1.24. The number of rotatable bonds is 6. The van der Waals surface area contributed by atoms with E-state index in [-0.39, 0.29) is 6.61 Å². The molecule has 1 N–H and O–H groups in total. The largest absolute Gasteiger partial charge is 0.466 e. The predicted octanol–water partition coefficient (Wildman–Crippen LogP) is 1.44. The number of ether oxygens (including phenoxy) is 3. The maximum Gasteiger partial charge on any atom is 0.412 e. The molecule has 0 saturated heterocycles. The molecule has 0 aliphatic heterocycles. The van der Waals surface area contributed by atoms with Gasteiger partial charge in [-0.25, -0.2) is 14.4 Å². The fraction of sp³-hybridized carbons (Fsp3) is 0.267. The lowest BCUT2D eigenvalue weighted by Gasteiger charge is -2.13. The van der Waals surface area contributed by atoms with Crippen molar-refractivity contribution < 1.29 is 28.6 Å². The summed E-state index contributed by atoms with van der Waals surface area (Å²) in [7, 11) is 1.20. The molecule has 0 saturated carbocycles. The smallest absolute Gasteiger partial charge is 0.412 e. The van der Waals surface area contributed by atoms with Crippen molar-refractivity contribution in [3.63, 3.8) is 0 Å². The average molecular weight is 307 g/mol. The molecule has 0 spiro atoms. The minimum Gasteiger partial charge on any atom is -0.466 e. The van der Waals surface area contributed by atoms with Gasteiger partial charge in [0.1, 0.15) is 12.4 Å². The van der Waals surface area contributed by atoms with Crippen LogP contribution in [0.2, 0.25) is 0 Å². The van der Waals surface area contributed by atoms with Crippen LogP contribution in [0.15, 0.2) is 42.5 Å². The molecule has 118 valence electrons. The van der Waals surface area contributed by atoms with E-state index < -0.39 is 24.1 Å². The van der Waals surface area contributed by atoms with Gasteiger partial charge in [-0.1, -0.05) is 18.2 Å². The number of amides is 1. The van der Waals surface area contributed by atoms with Crippen LogP contribution < -0.4 is 10.1 Å². The molecule has 0 radical (unpaired) electrons. The second kappa shape index (κ2) is 9.17. The number of para-hydroxylation sites is 1. The van der Waals surface area contributed by atoms with Crippen LogP contribution in [-0.4, -0.2) is 37.8 Å². The molecule has 1 atom stereocenters. The number of methoxy groups -OCH3 is 1. The van der Waals surface area contributed by atoms with Crippen molar-refractivity contribution in [2.75, 3.05) is 13.7 Å². The summed E-state index contributed by atoms with van der Waals surface area (Å²) in [6, 6.07) is 8.10. The molecule has 1 aromatic carbocycles. The van der Waals surface area contributed by atoms with E-state index in [0.717, 1.165) is 12.2 Å². The highest BCUT2D eigenvalue weighted by molar-refractivity contribution is 5.91. The molecule has 0 aromatic heterocycles. The number of esters is 2. The third-order valence-corrected chi connectivity index (χ3v) is 2.35. The highest BCUT2D eigenvalue weighted by Gasteiger charge is 2.11. The van der Waals surface area contributed by atoms with Crippen molar-refractivity contribution in [3.8, 4) is 5.75 Å². The van der Waals surface area contributed by atoms with Gasteiger partial charge in [-0.15, -0.1) is 0 Å². The summed E-state index contributed by atoms with van der Waals surface area (Å²) < 4.78 is 14.2. The Morgan fingerprint density at radius 1 is 1.14 bits per heavy atom. The second-order valence-electron chi connectivity index (χ2n) is 4.23. The molecule has 7 nitrogen and oxygen atoms in total. The third-order valence-electron chi connectivity index (χ3n) is 2.35.